The van der Waals surface area contributed by atoms with Gasteiger partial charge in [0.15, 0.2) is 0 Å². The molecule has 14 heavy (non-hydrogen) atoms. The molecule has 0 amide bonds. The van der Waals surface area contributed by atoms with Crippen LogP contribution in [0.1, 0.15) is 19.8 Å². The van der Waals surface area contributed by atoms with Crippen molar-refractivity contribution in [1.82, 2.24) is 0 Å². The second kappa shape index (κ2) is 19.2. The SMILES string of the molecule is CC(O)C(=O)O.OCCCCO.[Cl-].[Na+]. The van der Waals surface area contributed by atoms with E-state index in [9.17, 15) is 4.79 Å². The van der Waals surface area contributed by atoms with E-state index < -0.39 is 12.1 Å². The maximum atomic E-state index is 9.45. The summed E-state index contributed by atoms with van der Waals surface area (Å²) >= 11 is 0. The van der Waals surface area contributed by atoms with E-state index in [0.29, 0.717) is 0 Å². The molecule has 0 rings (SSSR count). The minimum atomic E-state index is -1.23. The summed E-state index contributed by atoms with van der Waals surface area (Å²) in [4.78, 5) is 9.45. The van der Waals surface area contributed by atoms with Crippen molar-refractivity contribution in [2.75, 3.05) is 13.2 Å². The molecule has 5 nitrogen and oxygen atoms in total. The Morgan fingerprint density at radius 2 is 1.43 bits per heavy atom. The van der Waals surface area contributed by atoms with Gasteiger partial charge in [-0.25, -0.2) is 4.79 Å². The van der Waals surface area contributed by atoms with Crippen LogP contribution < -0.4 is 42.0 Å². The minimum Gasteiger partial charge on any atom is -1.00 e. The predicted octanol–water partition coefficient (Wildman–Crippen LogP) is -6.79. The van der Waals surface area contributed by atoms with Crippen LogP contribution in [0.3, 0.4) is 0 Å². The summed E-state index contributed by atoms with van der Waals surface area (Å²) < 4.78 is 0. The molecule has 0 aliphatic carbocycles. The Kier molecular flexibility index (Phi) is 33.1. The third-order valence-electron chi connectivity index (χ3n) is 0.924. The fourth-order valence-corrected chi connectivity index (χ4v) is 0.224. The van der Waals surface area contributed by atoms with Gasteiger partial charge in [-0.05, 0) is 19.8 Å². The molecular formula is C7H16ClNaO5. The van der Waals surface area contributed by atoms with Gasteiger partial charge in [-0.1, -0.05) is 0 Å². The van der Waals surface area contributed by atoms with Crippen LogP contribution in [-0.4, -0.2) is 45.7 Å². The van der Waals surface area contributed by atoms with Crippen LogP contribution in [0.25, 0.3) is 0 Å². The maximum Gasteiger partial charge on any atom is 1.00 e. The number of halogens is 1. The van der Waals surface area contributed by atoms with E-state index in [1.165, 1.54) is 6.92 Å². The molecule has 7 heteroatoms. The molecule has 0 aromatic rings. The first-order chi connectivity index (χ1) is 5.56. The van der Waals surface area contributed by atoms with Gasteiger partial charge in [0.1, 0.15) is 6.10 Å². The topological polar surface area (TPSA) is 98.0 Å². The molecule has 82 valence electrons. The Labute approximate surface area is 112 Å². The van der Waals surface area contributed by atoms with Gasteiger partial charge in [0, 0.05) is 13.2 Å². The van der Waals surface area contributed by atoms with Crippen LogP contribution in [0.15, 0.2) is 0 Å². The average molecular weight is 239 g/mol. The van der Waals surface area contributed by atoms with Gasteiger partial charge in [0.25, 0.3) is 0 Å². The van der Waals surface area contributed by atoms with Gasteiger partial charge < -0.3 is 32.8 Å². The first-order valence-corrected chi connectivity index (χ1v) is 3.68. The van der Waals surface area contributed by atoms with Crippen molar-refractivity contribution in [3.63, 3.8) is 0 Å². The molecule has 0 heterocycles. The van der Waals surface area contributed by atoms with Crippen molar-refractivity contribution in [1.29, 1.82) is 0 Å². The normalized spacial score (nSPS) is 9.71. The number of carboxylic acid groups (broad SMARTS) is 1. The van der Waals surface area contributed by atoms with Crippen molar-refractivity contribution in [2.45, 2.75) is 25.9 Å². The van der Waals surface area contributed by atoms with Gasteiger partial charge >= 0.3 is 35.5 Å². The summed E-state index contributed by atoms with van der Waals surface area (Å²) in [6.07, 6.45) is 0.206. The van der Waals surface area contributed by atoms with E-state index in [1.54, 1.807) is 0 Å². The Bertz CT molecular complexity index is 108. The van der Waals surface area contributed by atoms with E-state index >= 15 is 0 Å². The molecule has 0 saturated carbocycles. The van der Waals surface area contributed by atoms with E-state index in [2.05, 4.69) is 0 Å². The van der Waals surface area contributed by atoms with Crippen LogP contribution in [0, 0.1) is 0 Å². The van der Waals surface area contributed by atoms with Crippen molar-refractivity contribution in [3.8, 4) is 0 Å². The molecule has 1 atom stereocenters. The predicted molar refractivity (Wildman–Crippen MR) is 42.7 cm³/mol. The Balaban J connectivity index is -0.0000000625. The Morgan fingerprint density at radius 3 is 1.50 bits per heavy atom. The van der Waals surface area contributed by atoms with Crippen molar-refractivity contribution < 1.29 is 67.2 Å². The Hall–Kier alpha value is 0.640. The molecule has 0 aromatic carbocycles. The molecule has 0 spiro atoms. The van der Waals surface area contributed by atoms with Crippen molar-refractivity contribution in [2.24, 2.45) is 0 Å². The van der Waals surface area contributed by atoms with Crippen LogP contribution in [-0.2, 0) is 4.79 Å². The molecule has 0 saturated heterocycles. The van der Waals surface area contributed by atoms with E-state index in [1.807, 2.05) is 0 Å². The summed E-state index contributed by atoms with van der Waals surface area (Å²) in [6, 6.07) is 0. The third kappa shape index (κ3) is 29.3. The Morgan fingerprint density at radius 1 is 1.21 bits per heavy atom. The zero-order chi connectivity index (χ0) is 9.98. The zero-order valence-electron chi connectivity index (χ0n) is 8.48. The molecule has 0 aliphatic rings. The number of aliphatic hydroxyl groups excluding tert-OH is 3. The summed E-state index contributed by atoms with van der Waals surface area (Å²) in [5, 5.41) is 31.9. The first-order valence-electron chi connectivity index (χ1n) is 3.68. The van der Waals surface area contributed by atoms with Gasteiger partial charge in [0.05, 0.1) is 0 Å². The monoisotopic (exact) mass is 238 g/mol. The molecular weight excluding hydrogens is 223 g/mol. The molecule has 0 aliphatic heterocycles. The summed E-state index contributed by atoms with van der Waals surface area (Å²) in [6.45, 7) is 1.59. The second-order valence-electron chi connectivity index (χ2n) is 2.17. The molecule has 0 fully saturated rings. The fourth-order valence-electron chi connectivity index (χ4n) is 0.224. The summed E-state index contributed by atoms with van der Waals surface area (Å²) in [5.41, 5.74) is 0. The number of hydrogen-bond donors (Lipinski definition) is 4. The number of aliphatic carboxylic acids is 1. The maximum absolute atomic E-state index is 9.45. The summed E-state index contributed by atoms with van der Waals surface area (Å²) in [5.74, 6) is -1.19. The number of rotatable bonds is 4. The van der Waals surface area contributed by atoms with Gasteiger partial charge in [-0.15, -0.1) is 0 Å². The van der Waals surface area contributed by atoms with Crippen molar-refractivity contribution in [3.05, 3.63) is 0 Å². The van der Waals surface area contributed by atoms with Crippen molar-refractivity contribution >= 4 is 5.97 Å². The van der Waals surface area contributed by atoms with Crippen LogP contribution in [0.4, 0.5) is 0 Å². The van der Waals surface area contributed by atoms with Gasteiger partial charge in [-0.2, -0.15) is 0 Å². The largest absolute Gasteiger partial charge is 1.00 e. The van der Waals surface area contributed by atoms with Crippen LogP contribution >= 0.6 is 0 Å². The smallest absolute Gasteiger partial charge is 1.00 e. The van der Waals surface area contributed by atoms with Crippen LogP contribution in [0.5, 0.6) is 0 Å². The third-order valence-corrected chi connectivity index (χ3v) is 0.924. The van der Waals surface area contributed by atoms with E-state index in [-0.39, 0.29) is 55.2 Å². The average Bonchev–Trinajstić information content (AvgIpc) is 2.02. The zero-order valence-corrected chi connectivity index (χ0v) is 11.2. The number of hydrogen-bond acceptors (Lipinski definition) is 4. The van der Waals surface area contributed by atoms with E-state index in [0.717, 1.165) is 12.8 Å². The van der Waals surface area contributed by atoms with Gasteiger partial charge in [0.2, 0.25) is 0 Å². The quantitative estimate of drug-likeness (QED) is 0.288. The van der Waals surface area contributed by atoms with Crippen LogP contribution in [0.2, 0.25) is 0 Å². The number of carboxylic acids is 1. The standard InChI is InChI=1S/C4H10O2.C3H6O3.ClH.Na/c5-3-1-2-4-6;1-2(4)3(5)6;;/h5-6H,1-4H2;2,4H,1H3,(H,5,6);1H;/q;;;+1/p-1. The second-order valence-corrected chi connectivity index (χ2v) is 2.17. The molecule has 1 unspecified atom stereocenters. The molecule has 0 radical (unpaired) electrons. The molecule has 4 N–H and O–H groups in total. The summed E-state index contributed by atoms with van der Waals surface area (Å²) in [7, 11) is 0. The number of aliphatic hydroxyl groups is 3. The fraction of sp³-hybridized carbons (Fsp3) is 0.857. The van der Waals surface area contributed by atoms with E-state index in [4.69, 9.17) is 20.4 Å². The molecule has 0 aromatic heterocycles. The van der Waals surface area contributed by atoms with Gasteiger partial charge in [-0.3, -0.25) is 0 Å². The number of carbonyl (C=O) groups is 1. The minimum absolute atomic E-state index is 0. The first kappa shape index (κ1) is 24.1. The number of unbranched alkanes of at least 4 members (excludes halogenated alkanes) is 1. The molecule has 0 bridgehead atoms.